The summed E-state index contributed by atoms with van der Waals surface area (Å²) in [6, 6.07) is 1.14. The van der Waals surface area contributed by atoms with E-state index in [4.69, 9.17) is 11.6 Å². The van der Waals surface area contributed by atoms with Gasteiger partial charge in [-0.3, -0.25) is 4.68 Å². The average Bonchev–Trinajstić information content (AvgIpc) is 2.95. The van der Waals surface area contributed by atoms with Gasteiger partial charge in [0.05, 0.1) is 16.8 Å². The van der Waals surface area contributed by atoms with Gasteiger partial charge in [-0.15, -0.1) is 0 Å². The molecule has 0 saturated heterocycles. The Balaban J connectivity index is 2.04. The quantitative estimate of drug-likeness (QED) is 0.859. The van der Waals surface area contributed by atoms with E-state index < -0.39 is 0 Å². The van der Waals surface area contributed by atoms with Gasteiger partial charge in [-0.1, -0.05) is 25.4 Å². The molecule has 0 spiro atoms. The highest BCUT2D eigenvalue weighted by Gasteiger charge is 2.24. The van der Waals surface area contributed by atoms with Crippen LogP contribution in [0.3, 0.4) is 0 Å². The van der Waals surface area contributed by atoms with E-state index in [1.165, 1.54) is 12.8 Å². The Labute approximate surface area is 102 Å². The zero-order valence-corrected chi connectivity index (χ0v) is 11.0. The Morgan fingerprint density at radius 3 is 2.69 bits per heavy atom. The maximum Gasteiger partial charge on any atom is 0.0815 e. The molecule has 1 N–H and O–H groups in total. The summed E-state index contributed by atoms with van der Waals surface area (Å²) in [6.45, 7) is 7.39. The number of hydrogen-bond donors (Lipinski definition) is 1. The molecule has 0 bridgehead atoms. The summed E-state index contributed by atoms with van der Waals surface area (Å²) in [5, 5.41) is 8.80. The van der Waals surface area contributed by atoms with Gasteiger partial charge in [0.1, 0.15) is 0 Å². The summed E-state index contributed by atoms with van der Waals surface area (Å²) in [5.74, 6) is 0.557. The lowest BCUT2D eigenvalue weighted by Crippen LogP contribution is -2.30. The second-order valence-corrected chi connectivity index (χ2v) is 5.44. The van der Waals surface area contributed by atoms with Crippen LogP contribution in [-0.4, -0.2) is 22.4 Å². The van der Waals surface area contributed by atoms with Crippen LogP contribution in [0, 0.1) is 12.8 Å². The average molecular weight is 242 g/mol. The Hall–Kier alpha value is -0.540. The van der Waals surface area contributed by atoms with Gasteiger partial charge >= 0.3 is 0 Å². The largest absolute Gasteiger partial charge is 0.312 e. The van der Waals surface area contributed by atoms with Crippen LogP contribution in [0.15, 0.2) is 6.20 Å². The van der Waals surface area contributed by atoms with Crippen molar-refractivity contribution < 1.29 is 0 Å². The van der Waals surface area contributed by atoms with Gasteiger partial charge in [0.15, 0.2) is 0 Å². The predicted octanol–water partition coefficient (Wildman–Crippen LogP) is 2.79. The summed E-state index contributed by atoms with van der Waals surface area (Å²) in [5.41, 5.74) is 0.915. The van der Waals surface area contributed by atoms with Gasteiger partial charge in [0.2, 0.25) is 0 Å². The van der Waals surface area contributed by atoms with Gasteiger partial charge in [0.25, 0.3) is 0 Å². The standard InChI is InChI=1S/C12H20ClN3/c1-8(2)12(6-14-10-4-5-10)16-7-11(13)9(3)15-16/h7-8,10,12,14H,4-6H2,1-3H3. The molecule has 0 aliphatic heterocycles. The Morgan fingerprint density at radius 2 is 2.25 bits per heavy atom. The van der Waals surface area contributed by atoms with Crippen LogP contribution in [0.1, 0.15) is 38.4 Å². The number of rotatable bonds is 5. The molecule has 1 aromatic rings. The van der Waals surface area contributed by atoms with E-state index in [1.54, 1.807) is 0 Å². The van der Waals surface area contributed by atoms with Crippen molar-refractivity contribution in [2.45, 2.75) is 45.7 Å². The first-order chi connectivity index (χ1) is 7.58. The highest BCUT2D eigenvalue weighted by Crippen LogP contribution is 2.23. The summed E-state index contributed by atoms with van der Waals surface area (Å²) >= 11 is 6.05. The molecule has 0 amide bonds. The molecule has 1 saturated carbocycles. The normalized spacial score (nSPS) is 18.1. The van der Waals surface area contributed by atoms with Crippen molar-refractivity contribution in [3.05, 3.63) is 16.9 Å². The zero-order chi connectivity index (χ0) is 11.7. The van der Waals surface area contributed by atoms with Crippen molar-refractivity contribution in [3.63, 3.8) is 0 Å². The maximum atomic E-state index is 6.05. The third kappa shape index (κ3) is 2.77. The van der Waals surface area contributed by atoms with Crippen molar-refractivity contribution in [1.29, 1.82) is 0 Å². The van der Waals surface area contributed by atoms with Crippen LogP contribution in [0.5, 0.6) is 0 Å². The maximum absolute atomic E-state index is 6.05. The minimum absolute atomic E-state index is 0.395. The first-order valence-electron chi connectivity index (χ1n) is 6.02. The molecule has 16 heavy (non-hydrogen) atoms. The molecule has 0 aromatic carbocycles. The smallest absolute Gasteiger partial charge is 0.0815 e. The molecule has 1 atom stereocenters. The summed E-state index contributed by atoms with van der Waals surface area (Å²) < 4.78 is 2.01. The van der Waals surface area contributed by atoms with Crippen molar-refractivity contribution in [3.8, 4) is 0 Å². The van der Waals surface area contributed by atoms with Crippen LogP contribution in [0.25, 0.3) is 0 Å². The van der Waals surface area contributed by atoms with Crippen LogP contribution >= 0.6 is 11.6 Å². The minimum Gasteiger partial charge on any atom is -0.312 e. The Kier molecular flexibility index (Phi) is 3.55. The number of aryl methyl sites for hydroxylation is 1. The van der Waals surface area contributed by atoms with Crippen molar-refractivity contribution >= 4 is 11.6 Å². The van der Waals surface area contributed by atoms with E-state index in [-0.39, 0.29) is 0 Å². The SMILES string of the molecule is Cc1nn(C(CNC2CC2)C(C)C)cc1Cl. The summed E-state index contributed by atoms with van der Waals surface area (Å²) in [7, 11) is 0. The number of nitrogens with one attached hydrogen (secondary N) is 1. The van der Waals surface area contributed by atoms with E-state index in [0.717, 1.165) is 23.3 Å². The molecule has 0 radical (unpaired) electrons. The van der Waals surface area contributed by atoms with Gasteiger partial charge in [0, 0.05) is 18.8 Å². The highest BCUT2D eigenvalue weighted by molar-refractivity contribution is 6.31. The van der Waals surface area contributed by atoms with Crippen molar-refractivity contribution in [1.82, 2.24) is 15.1 Å². The summed E-state index contributed by atoms with van der Waals surface area (Å²) in [6.07, 6.45) is 4.59. The van der Waals surface area contributed by atoms with Gasteiger partial charge < -0.3 is 5.32 Å². The second-order valence-electron chi connectivity index (χ2n) is 5.04. The van der Waals surface area contributed by atoms with E-state index in [1.807, 2.05) is 17.8 Å². The lowest BCUT2D eigenvalue weighted by atomic mass is 10.0. The molecule has 1 heterocycles. The van der Waals surface area contributed by atoms with Gasteiger partial charge in [-0.25, -0.2) is 0 Å². The van der Waals surface area contributed by atoms with Crippen LogP contribution in [-0.2, 0) is 0 Å². The summed E-state index contributed by atoms with van der Waals surface area (Å²) in [4.78, 5) is 0. The fraction of sp³-hybridized carbons (Fsp3) is 0.750. The first-order valence-corrected chi connectivity index (χ1v) is 6.40. The third-order valence-electron chi connectivity index (χ3n) is 3.16. The molecule has 2 rings (SSSR count). The molecule has 1 aliphatic rings. The number of halogens is 1. The number of nitrogens with zero attached hydrogens (tertiary/aromatic N) is 2. The van der Waals surface area contributed by atoms with E-state index in [9.17, 15) is 0 Å². The first kappa shape index (κ1) is 11.9. The lowest BCUT2D eigenvalue weighted by molar-refractivity contribution is 0.328. The van der Waals surface area contributed by atoms with E-state index >= 15 is 0 Å². The molecule has 1 aromatic heterocycles. The minimum atomic E-state index is 0.395. The molecule has 90 valence electrons. The number of aromatic nitrogens is 2. The van der Waals surface area contributed by atoms with Crippen molar-refractivity contribution in [2.75, 3.05) is 6.54 Å². The molecular formula is C12H20ClN3. The highest BCUT2D eigenvalue weighted by atomic mass is 35.5. The number of hydrogen-bond acceptors (Lipinski definition) is 2. The molecule has 3 nitrogen and oxygen atoms in total. The fourth-order valence-electron chi connectivity index (χ4n) is 1.84. The zero-order valence-electron chi connectivity index (χ0n) is 10.2. The van der Waals surface area contributed by atoms with Crippen molar-refractivity contribution in [2.24, 2.45) is 5.92 Å². The predicted molar refractivity (Wildman–Crippen MR) is 66.9 cm³/mol. The molecular weight excluding hydrogens is 222 g/mol. The molecule has 1 unspecified atom stereocenters. The monoisotopic (exact) mass is 241 g/mol. The van der Waals surface area contributed by atoms with Gasteiger partial charge in [-0.2, -0.15) is 5.10 Å². The molecule has 1 fully saturated rings. The van der Waals surface area contributed by atoms with Gasteiger partial charge in [-0.05, 0) is 25.7 Å². The fourth-order valence-corrected chi connectivity index (χ4v) is 1.98. The Bertz CT molecular complexity index is 336. The Morgan fingerprint density at radius 1 is 1.56 bits per heavy atom. The molecule has 4 heteroatoms. The van der Waals surface area contributed by atoms with E-state index in [0.29, 0.717) is 12.0 Å². The topological polar surface area (TPSA) is 29.9 Å². The van der Waals surface area contributed by atoms with Crippen LogP contribution in [0.2, 0.25) is 5.02 Å². The van der Waals surface area contributed by atoms with Crippen LogP contribution in [0.4, 0.5) is 0 Å². The molecule has 1 aliphatic carbocycles. The van der Waals surface area contributed by atoms with E-state index in [2.05, 4.69) is 24.3 Å². The van der Waals surface area contributed by atoms with Crippen LogP contribution < -0.4 is 5.32 Å². The second kappa shape index (κ2) is 4.76. The lowest BCUT2D eigenvalue weighted by Gasteiger charge is -2.21. The third-order valence-corrected chi connectivity index (χ3v) is 3.53.